The van der Waals surface area contributed by atoms with Crippen LogP contribution < -0.4 is 0 Å². The van der Waals surface area contributed by atoms with Crippen molar-refractivity contribution in [3.63, 3.8) is 0 Å². The van der Waals surface area contributed by atoms with E-state index in [0.29, 0.717) is 17.9 Å². The van der Waals surface area contributed by atoms with Crippen LogP contribution in [0.4, 0.5) is 0 Å². The van der Waals surface area contributed by atoms with Crippen molar-refractivity contribution in [2.75, 3.05) is 18.9 Å². The Balaban J connectivity index is 1.79. The fourth-order valence-electron chi connectivity index (χ4n) is 2.61. The summed E-state index contributed by atoms with van der Waals surface area (Å²) in [6.07, 6.45) is 3.95. The SMILES string of the molecule is O=C1CSC(N2CCOC3CCCC32)=N1. The predicted octanol–water partition coefficient (Wildman–Crippen LogP) is 0.869. The molecule has 0 bridgehead atoms. The van der Waals surface area contributed by atoms with Gasteiger partial charge >= 0.3 is 0 Å². The zero-order valence-electron chi connectivity index (χ0n) is 8.52. The highest BCUT2D eigenvalue weighted by atomic mass is 32.2. The van der Waals surface area contributed by atoms with Gasteiger partial charge in [-0.05, 0) is 19.3 Å². The summed E-state index contributed by atoms with van der Waals surface area (Å²) in [6.45, 7) is 1.66. The van der Waals surface area contributed by atoms with Crippen molar-refractivity contribution in [3.8, 4) is 0 Å². The molecule has 2 atom stereocenters. The largest absolute Gasteiger partial charge is 0.374 e. The predicted molar refractivity (Wildman–Crippen MR) is 59.0 cm³/mol. The van der Waals surface area contributed by atoms with E-state index in [4.69, 9.17) is 4.74 Å². The first-order chi connectivity index (χ1) is 7.34. The standard InChI is InChI=1S/C10H14N2O2S/c13-9-6-15-10(11-9)12-4-5-14-8-3-1-2-7(8)12/h7-8H,1-6H2. The maximum Gasteiger partial charge on any atom is 0.258 e. The van der Waals surface area contributed by atoms with Crippen molar-refractivity contribution in [2.24, 2.45) is 4.99 Å². The average Bonchev–Trinajstić information content (AvgIpc) is 2.84. The summed E-state index contributed by atoms with van der Waals surface area (Å²) in [5, 5.41) is 0.931. The number of carbonyl (C=O) groups is 1. The van der Waals surface area contributed by atoms with Gasteiger partial charge in [0.1, 0.15) is 0 Å². The minimum Gasteiger partial charge on any atom is -0.374 e. The third-order valence-electron chi connectivity index (χ3n) is 3.27. The zero-order chi connectivity index (χ0) is 10.3. The zero-order valence-corrected chi connectivity index (χ0v) is 9.33. The number of fused-ring (bicyclic) bond motifs is 1. The van der Waals surface area contributed by atoms with Gasteiger partial charge in [-0.1, -0.05) is 11.8 Å². The van der Waals surface area contributed by atoms with E-state index in [9.17, 15) is 4.79 Å². The Hall–Kier alpha value is -0.550. The second-order valence-electron chi connectivity index (χ2n) is 4.18. The van der Waals surface area contributed by atoms with Gasteiger partial charge in [0.2, 0.25) is 0 Å². The van der Waals surface area contributed by atoms with Crippen LogP contribution in [0.25, 0.3) is 0 Å². The highest BCUT2D eigenvalue weighted by molar-refractivity contribution is 8.14. The Bertz CT molecular complexity index is 319. The number of nitrogens with zero attached hydrogens (tertiary/aromatic N) is 2. The molecule has 15 heavy (non-hydrogen) atoms. The lowest BCUT2D eigenvalue weighted by Crippen LogP contribution is -2.50. The number of amides is 1. The Labute approximate surface area is 93.1 Å². The van der Waals surface area contributed by atoms with Crippen molar-refractivity contribution in [1.29, 1.82) is 0 Å². The molecule has 0 radical (unpaired) electrons. The third-order valence-corrected chi connectivity index (χ3v) is 4.25. The van der Waals surface area contributed by atoms with Crippen molar-refractivity contribution >= 4 is 22.8 Å². The first-order valence-electron chi connectivity index (χ1n) is 5.47. The molecule has 4 nitrogen and oxygen atoms in total. The van der Waals surface area contributed by atoms with Gasteiger partial charge in [0.15, 0.2) is 5.17 Å². The van der Waals surface area contributed by atoms with Crippen LogP contribution in [-0.4, -0.2) is 47.0 Å². The van der Waals surface area contributed by atoms with Crippen LogP contribution in [0.5, 0.6) is 0 Å². The molecular weight excluding hydrogens is 212 g/mol. The number of hydrogen-bond donors (Lipinski definition) is 0. The minimum atomic E-state index is 0.0102. The summed E-state index contributed by atoms with van der Waals surface area (Å²) >= 11 is 1.58. The number of hydrogen-bond acceptors (Lipinski definition) is 4. The second kappa shape index (κ2) is 3.79. The van der Waals surface area contributed by atoms with Gasteiger partial charge in [0, 0.05) is 6.54 Å². The third kappa shape index (κ3) is 1.67. The number of rotatable bonds is 0. The molecule has 5 heteroatoms. The van der Waals surface area contributed by atoms with E-state index >= 15 is 0 Å². The Morgan fingerprint density at radius 1 is 1.47 bits per heavy atom. The summed E-state index contributed by atoms with van der Waals surface area (Å²) in [5.41, 5.74) is 0. The van der Waals surface area contributed by atoms with Crippen LogP contribution in [0, 0.1) is 0 Å². The molecule has 2 aliphatic heterocycles. The minimum absolute atomic E-state index is 0.0102. The molecule has 2 unspecified atom stereocenters. The molecule has 1 saturated carbocycles. The van der Waals surface area contributed by atoms with Gasteiger partial charge < -0.3 is 9.64 Å². The quantitative estimate of drug-likeness (QED) is 0.614. The van der Waals surface area contributed by atoms with Gasteiger partial charge in [-0.3, -0.25) is 4.79 Å². The lowest BCUT2D eigenvalue weighted by Gasteiger charge is -2.38. The number of amidine groups is 1. The van der Waals surface area contributed by atoms with Gasteiger partial charge in [-0.15, -0.1) is 0 Å². The Morgan fingerprint density at radius 2 is 2.40 bits per heavy atom. The molecule has 2 heterocycles. The van der Waals surface area contributed by atoms with Crippen molar-refractivity contribution in [2.45, 2.75) is 31.4 Å². The van der Waals surface area contributed by atoms with Crippen LogP contribution in [0.1, 0.15) is 19.3 Å². The number of aliphatic imine (C=N–C) groups is 1. The smallest absolute Gasteiger partial charge is 0.258 e. The van der Waals surface area contributed by atoms with E-state index in [0.717, 1.165) is 24.7 Å². The van der Waals surface area contributed by atoms with E-state index in [1.54, 1.807) is 11.8 Å². The highest BCUT2D eigenvalue weighted by Crippen LogP contribution is 2.32. The maximum absolute atomic E-state index is 11.1. The molecular formula is C10H14N2O2S. The molecule has 2 fully saturated rings. The molecule has 1 saturated heterocycles. The van der Waals surface area contributed by atoms with E-state index < -0.39 is 0 Å². The molecule has 0 N–H and O–H groups in total. The molecule has 1 aliphatic carbocycles. The monoisotopic (exact) mass is 226 g/mol. The Kier molecular flexibility index (Phi) is 2.44. The summed E-state index contributed by atoms with van der Waals surface area (Å²) < 4.78 is 5.73. The molecule has 0 aromatic rings. The second-order valence-corrected chi connectivity index (χ2v) is 5.12. The summed E-state index contributed by atoms with van der Waals surface area (Å²) in [5.74, 6) is 0.528. The first-order valence-corrected chi connectivity index (χ1v) is 6.46. The molecule has 3 rings (SSSR count). The lowest BCUT2D eigenvalue weighted by molar-refractivity contribution is -0.115. The molecule has 3 aliphatic rings. The van der Waals surface area contributed by atoms with E-state index in [2.05, 4.69) is 9.89 Å². The topological polar surface area (TPSA) is 41.9 Å². The lowest BCUT2D eigenvalue weighted by atomic mass is 10.1. The molecule has 82 valence electrons. The average molecular weight is 226 g/mol. The number of thioether (sulfide) groups is 1. The van der Waals surface area contributed by atoms with Crippen LogP contribution in [0.2, 0.25) is 0 Å². The van der Waals surface area contributed by atoms with Gasteiger partial charge in [0.25, 0.3) is 5.91 Å². The summed E-state index contributed by atoms with van der Waals surface area (Å²) in [6, 6.07) is 0.468. The molecule has 0 aromatic carbocycles. The van der Waals surface area contributed by atoms with E-state index in [1.807, 2.05) is 0 Å². The van der Waals surface area contributed by atoms with Gasteiger partial charge in [-0.2, -0.15) is 4.99 Å². The van der Waals surface area contributed by atoms with Gasteiger partial charge in [0.05, 0.1) is 24.5 Å². The molecule has 0 aromatic heterocycles. The van der Waals surface area contributed by atoms with E-state index in [-0.39, 0.29) is 5.91 Å². The van der Waals surface area contributed by atoms with Gasteiger partial charge in [-0.25, -0.2) is 0 Å². The summed E-state index contributed by atoms with van der Waals surface area (Å²) in [7, 11) is 0. The van der Waals surface area contributed by atoms with Crippen molar-refractivity contribution in [1.82, 2.24) is 4.90 Å². The molecule has 1 amide bonds. The van der Waals surface area contributed by atoms with Crippen LogP contribution in [0.15, 0.2) is 4.99 Å². The van der Waals surface area contributed by atoms with E-state index in [1.165, 1.54) is 12.8 Å². The first kappa shape index (κ1) is 9.66. The maximum atomic E-state index is 11.1. The van der Waals surface area contributed by atoms with Crippen LogP contribution >= 0.6 is 11.8 Å². The number of carbonyl (C=O) groups excluding carboxylic acids is 1. The Morgan fingerprint density at radius 3 is 3.20 bits per heavy atom. The van der Waals surface area contributed by atoms with Crippen molar-refractivity contribution < 1.29 is 9.53 Å². The van der Waals surface area contributed by atoms with Crippen LogP contribution in [-0.2, 0) is 9.53 Å². The fourth-order valence-corrected chi connectivity index (χ4v) is 3.48. The number of ether oxygens (including phenoxy) is 1. The summed E-state index contributed by atoms with van der Waals surface area (Å²) in [4.78, 5) is 17.5. The fraction of sp³-hybridized carbons (Fsp3) is 0.800. The normalized spacial score (nSPS) is 35.6. The highest BCUT2D eigenvalue weighted by Gasteiger charge is 2.38. The number of morpholine rings is 1. The van der Waals surface area contributed by atoms with Crippen molar-refractivity contribution in [3.05, 3.63) is 0 Å². The van der Waals surface area contributed by atoms with Crippen LogP contribution in [0.3, 0.4) is 0 Å². The molecule has 0 spiro atoms.